The minimum Gasteiger partial charge on any atom is -0.359 e. The van der Waals surface area contributed by atoms with Crippen LogP contribution in [0.5, 0.6) is 0 Å². The van der Waals surface area contributed by atoms with Crippen LogP contribution in [0.4, 0.5) is 0 Å². The molecule has 0 amide bonds. The maximum absolute atomic E-state index is 5.21. The number of nitrogens with zero attached hydrogens (tertiary/aromatic N) is 3. The number of imidazole rings is 1. The van der Waals surface area contributed by atoms with E-state index in [1.165, 1.54) is 55.1 Å². The van der Waals surface area contributed by atoms with Gasteiger partial charge in [-0.3, -0.25) is 0 Å². The summed E-state index contributed by atoms with van der Waals surface area (Å²) in [4.78, 5) is 5.21. The van der Waals surface area contributed by atoms with Gasteiger partial charge in [-0.05, 0) is 34.7 Å². The number of para-hydroxylation sites is 3. The maximum atomic E-state index is 5.21. The first kappa shape index (κ1) is 17.9. The molecule has 0 saturated carbocycles. The first-order chi connectivity index (χ1) is 17.4. The monoisotopic (exact) mass is 443 g/mol. The minimum absolute atomic E-state index is 0.0665. The molecule has 2 aromatic heterocycles. The van der Waals surface area contributed by atoms with Crippen molar-refractivity contribution in [3.8, 4) is 28.2 Å². The lowest BCUT2D eigenvalue weighted by molar-refractivity contribution is 1.16. The molecule has 4 heteroatoms. The number of rotatable bonds is 1. The SMILES string of the molecule is c1ccc(-c2nc3cccc4c3n2B2c3ccccc3-n3c5ccccc5c5ccc-4c2c53)cc1. The lowest BCUT2D eigenvalue weighted by Crippen LogP contribution is -2.55. The molecule has 0 N–H and O–H groups in total. The van der Waals surface area contributed by atoms with Gasteiger partial charge in [0.2, 0.25) is 0 Å². The minimum atomic E-state index is 0.0665. The molecule has 0 saturated heterocycles. The molecule has 0 atom stereocenters. The van der Waals surface area contributed by atoms with Crippen molar-refractivity contribution in [2.75, 3.05) is 0 Å². The van der Waals surface area contributed by atoms with E-state index >= 15 is 0 Å². The number of hydrogen-bond donors (Lipinski definition) is 0. The predicted octanol–water partition coefficient (Wildman–Crippen LogP) is 5.75. The van der Waals surface area contributed by atoms with Gasteiger partial charge in [0.15, 0.2) is 0 Å². The van der Waals surface area contributed by atoms with Crippen LogP contribution in [0.15, 0.2) is 109 Å². The second-order valence-corrected chi connectivity index (χ2v) is 9.58. The Hall–Kier alpha value is -4.57. The van der Waals surface area contributed by atoms with Crippen LogP contribution in [0.2, 0.25) is 0 Å². The van der Waals surface area contributed by atoms with E-state index in [4.69, 9.17) is 4.98 Å². The number of hydrogen-bond acceptors (Lipinski definition) is 1. The molecule has 9 rings (SSSR count). The van der Waals surface area contributed by atoms with Gasteiger partial charge in [-0.2, -0.15) is 0 Å². The fraction of sp³-hybridized carbons (Fsp3) is 0. The maximum Gasteiger partial charge on any atom is 0.334 e. The average molecular weight is 443 g/mol. The Morgan fingerprint density at radius 3 is 2.37 bits per heavy atom. The van der Waals surface area contributed by atoms with Gasteiger partial charge in [-0.25, -0.2) is 4.98 Å². The molecule has 2 aliphatic heterocycles. The molecule has 3 nitrogen and oxygen atoms in total. The van der Waals surface area contributed by atoms with Crippen molar-refractivity contribution < 1.29 is 0 Å². The van der Waals surface area contributed by atoms with Crippen LogP contribution >= 0.6 is 0 Å². The summed E-state index contributed by atoms with van der Waals surface area (Å²) in [7, 11) is 0. The van der Waals surface area contributed by atoms with E-state index in [0.717, 1.165) is 16.9 Å². The molecule has 5 aromatic carbocycles. The third-order valence-electron chi connectivity index (χ3n) is 7.91. The van der Waals surface area contributed by atoms with E-state index in [-0.39, 0.29) is 6.85 Å². The number of aromatic nitrogens is 3. The molecule has 35 heavy (non-hydrogen) atoms. The summed E-state index contributed by atoms with van der Waals surface area (Å²) in [5.41, 5.74) is 12.6. The van der Waals surface area contributed by atoms with Crippen LogP contribution in [0.25, 0.3) is 61.0 Å². The third-order valence-corrected chi connectivity index (χ3v) is 7.91. The second-order valence-electron chi connectivity index (χ2n) is 9.58. The second kappa shape index (κ2) is 6.11. The van der Waals surface area contributed by atoms with Crippen molar-refractivity contribution in [1.29, 1.82) is 0 Å². The molecule has 0 aliphatic carbocycles. The Labute approximate surface area is 202 Å². The van der Waals surface area contributed by atoms with Gasteiger partial charge in [0.05, 0.1) is 22.1 Å². The summed E-state index contributed by atoms with van der Waals surface area (Å²) in [5, 5.41) is 2.62. The zero-order valence-electron chi connectivity index (χ0n) is 18.8. The van der Waals surface area contributed by atoms with E-state index in [2.05, 4.69) is 118 Å². The molecule has 0 fully saturated rings. The van der Waals surface area contributed by atoms with Crippen LogP contribution in [-0.2, 0) is 0 Å². The van der Waals surface area contributed by atoms with Crippen LogP contribution < -0.4 is 10.9 Å². The number of fused-ring (bicyclic) bond motifs is 8. The van der Waals surface area contributed by atoms with Gasteiger partial charge in [0, 0.05) is 27.6 Å². The third kappa shape index (κ3) is 2.03. The first-order valence-electron chi connectivity index (χ1n) is 12.1. The molecular weight excluding hydrogens is 425 g/mol. The average Bonchev–Trinajstić information content (AvgIpc) is 3.48. The van der Waals surface area contributed by atoms with Crippen LogP contribution in [0.3, 0.4) is 0 Å². The quantitative estimate of drug-likeness (QED) is 0.297. The Morgan fingerprint density at radius 2 is 1.43 bits per heavy atom. The fourth-order valence-electron chi connectivity index (χ4n) is 6.60. The van der Waals surface area contributed by atoms with E-state index < -0.39 is 0 Å². The van der Waals surface area contributed by atoms with Crippen LogP contribution in [0.1, 0.15) is 0 Å². The molecule has 0 radical (unpaired) electrons. The van der Waals surface area contributed by atoms with Crippen molar-refractivity contribution in [2.45, 2.75) is 0 Å². The summed E-state index contributed by atoms with van der Waals surface area (Å²) in [6, 6.07) is 39.5. The molecule has 4 heterocycles. The van der Waals surface area contributed by atoms with Crippen molar-refractivity contribution >= 4 is 50.6 Å². The fourth-order valence-corrected chi connectivity index (χ4v) is 6.60. The van der Waals surface area contributed by atoms with Crippen molar-refractivity contribution in [3.05, 3.63) is 109 Å². The standard InChI is InChI=1S/C31H18BN3/c1-2-9-19(10-3-1)31-33-25-14-8-12-22-21-17-18-23-20-11-4-6-15-26(20)34-27-16-7-5-13-24(27)32(28(21)30(23)34)35(31)29(22)25/h1-18H. The molecule has 0 bridgehead atoms. The van der Waals surface area contributed by atoms with E-state index in [1.807, 2.05) is 0 Å². The molecular formula is C31H18BN3. The van der Waals surface area contributed by atoms with Crippen molar-refractivity contribution in [1.82, 2.24) is 14.0 Å². The summed E-state index contributed by atoms with van der Waals surface area (Å²) < 4.78 is 4.99. The van der Waals surface area contributed by atoms with Gasteiger partial charge in [-0.15, -0.1) is 0 Å². The summed E-state index contributed by atoms with van der Waals surface area (Å²) in [5.74, 6) is 1.03. The molecule has 0 spiro atoms. The zero-order chi connectivity index (χ0) is 22.7. The Kier molecular flexibility index (Phi) is 3.11. The topological polar surface area (TPSA) is 22.8 Å². The Balaban J connectivity index is 1.55. The molecule has 160 valence electrons. The Morgan fingerprint density at radius 1 is 0.600 bits per heavy atom. The van der Waals surface area contributed by atoms with E-state index in [1.54, 1.807) is 0 Å². The highest BCUT2D eigenvalue weighted by molar-refractivity contribution is 6.89. The van der Waals surface area contributed by atoms with Gasteiger partial charge < -0.3 is 9.05 Å². The zero-order valence-corrected chi connectivity index (χ0v) is 18.8. The van der Waals surface area contributed by atoms with Gasteiger partial charge >= 0.3 is 6.85 Å². The molecule has 7 aromatic rings. The summed E-state index contributed by atoms with van der Waals surface area (Å²) in [6.07, 6.45) is 0. The Bertz CT molecular complexity index is 2010. The normalized spacial score (nSPS) is 13.1. The highest BCUT2D eigenvalue weighted by Crippen LogP contribution is 2.41. The number of benzene rings is 5. The van der Waals surface area contributed by atoms with Crippen molar-refractivity contribution in [3.63, 3.8) is 0 Å². The summed E-state index contributed by atoms with van der Waals surface area (Å²) in [6.45, 7) is 0.0665. The highest BCUT2D eigenvalue weighted by atomic mass is 15.1. The van der Waals surface area contributed by atoms with Gasteiger partial charge in [0.1, 0.15) is 5.82 Å². The molecule has 2 aliphatic rings. The smallest absolute Gasteiger partial charge is 0.334 e. The largest absolute Gasteiger partial charge is 0.359 e. The van der Waals surface area contributed by atoms with Gasteiger partial charge in [-0.1, -0.05) is 91.0 Å². The molecule has 0 unspecified atom stereocenters. The highest BCUT2D eigenvalue weighted by Gasteiger charge is 2.41. The van der Waals surface area contributed by atoms with Gasteiger partial charge in [0.25, 0.3) is 0 Å². The van der Waals surface area contributed by atoms with Crippen LogP contribution in [0, 0.1) is 0 Å². The first-order valence-corrected chi connectivity index (χ1v) is 12.1. The van der Waals surface area contributed by atoms with E-state index in [9.17, 15) is 0 Å². The van der Waals surface area contributed by atoms with E-state index in [0.29, 0.717) is 0 Å². The summed E-state index contributed by atoms with van der Waals surface area (Å²) >= 11 is 0. The predicted molar refractivity (Wildman–Crippen MR) is 145 cm³/mol. The lowest BCUT2D eigenvalue weighted by Gasteiger charge is -2.33. The van der Waals surface area contributed by atoms with Crippen molar-refractivity contribution in [2.24, 2.45) is 0 Å². The van der Waals surface area contributed by atoms with Crippen LogP contribution in [-0.4, -0.2) is 20.9 Å². The lowest BCUT2D eigenvalue weighted by atomic mass is 9.45.